The van der Waals surface area contributed by atoms with Gasteiger partial charge in [-0.25, -0.2) is 0 Å². The van der Waals surface area contributed by atoms with E-state index in [2.05, 4.69) is 42.9 Å². The molecule has 25 heavy (non-hydrogen) atoms. The summed E-state index contributed by atoms with van der Waals surface area (Å²) in [6.45, 7) is 6.21. The highest BCUT2D eigenvalue weighted by Crippen LogP contribution is 2.22. The SMILES string of the molecule is CC(C)(C)C#Cc1ccc(C(=O)Nc2cccc3cnccc23)cc1. The lowest BCUT2D eigenvalue weighted by Gasteiger charge is -2.09. The van der Waals surface area contributed by atoms with Gasteiger partial charge in [0.1, 0.15) is 0 Å². The van der Waals surface area contributed by atoms with Gasteiger partial charge in [0.05, 0.1) is 0 Å². The van der Waals surface area contributed by atoms with Gasteiger partial charge in [-0.05, 0) is 57.2 Å². The number of benzene rings is 2. The Balaban J connectivity index is 1.80. The van der Waals surface area contributed by atoms with Crippen LogP contribution in [0.25, 0.3) is 10.8 Å². The second-order valence-electron chi connectivity index (χ2n) is 6.93. The van der Waals surface area contributed by atoms with Crippen LogP contribution in [0, 0.1) is 17.3 Å². The van der Waals surface area contributed by atoms with Crippen molar-refractivity contribution in [2.45, 2.75) is 20.8 Å². The molecule has 0 saturated heterocycles. The van der Waals surface area contributed by atoms with Crippen molar-refractivity contribution in [2.24, 2.45) is 5.41 Å². The molecule has 0 atom stereocenters. The van der Waals surface area contributed by atoms with E-state index in [1.165, 1.54) is 0 Å². The number of pyridine rings is 1. The highest BCUT2D eigenvalue weighted by Gasteiger charge is 2.08. The number of hydrogen-bond acceptors (Lipinski definition) is 2. The summed E-state index contributed by atoms with van der Waals surface area (Å²) in [7, 11) is 0. The van der Waals surface area contributed by atoms with Crippen molar-refractivity contribution >= 4 is 22.4 Å². The number of aromatic nitrogens is 1. The predicted octanol–water partition coefficient (Wildman–Crippen LogP) is 4.88. The highest BCUT2D eigenvalue weighted by molar-refractivity contribution is 6.09. The molecule has 1 amide bonds. The minimum atomic E-state index is -0.139. The summed E-state index contributed by atoms with van der Waals surface area (Å²) in [4.78, 5) is 16.6. The monoisotopic (exact) mass is 328 g/mol. The maximum atomic E-state index is 12.5. The molecule has 1 heterocycles. The first-order valence-electron chi connectivity index (χ1n) is 8.20. The summed E-state index contributed by atoms with van der Waals surface area (Å²) in [6, 6.07) is 15.0. The lowest BCUT2D eigenvalue weighted by atomic mass is 9.97. The van der Waals surface area contributed by atoms with Crippen molar-refractivity contribution in [3.05, 3.63) is 72.1 Å². The fourth-order valence-electron chi connectivity index (χ4n) is 2.39. The van der Waals surface area contributed by atoms with Gasteiger partial charge in [0.15, 0.2) is 0 Å². The van der Waals surface area contributed by atoms with Crippen molar-refractivity contribution in [1.29, 1.82) is 0 Å². The van der Waals surface area contributed by atoms with Crippen molar-refractivity contribution in [3.8, 4) is 11.8 Å². The summed E-state index contributed by atoms with van der Waals surface area (Å²) in [5.74, 6) is 6.19. The van der Waals surface area contributed by atoms with Crippen molar-refractivity contribution in [2.75, 3.05) is 5.32 Å². The molecule has 0 radical (unpaired) electrons. The van der Waals surface area contributed by atoms with Gasteiger partial charge < -0.3 is 5.32 Å². The quantitative estimate of drug-likeness (QED) is 0.681. The molecule has 0 aliphatic heterocycles. The number of anilines is 1. The van der Waals surface area contributed by atoms with E-state index in [9.17, 15) is 4.79 Å². The number of carbonyl (C=O) groups excluding carboxylic acids is 1. The molecule has 2 aromatic carbocycles. The van der Waals surface area contributed by atoms with Crippen LogP contribution in [0.3, 0.4) is 0 Å². The molecule has 3 aromatic rings. The van der Waals surface area contributed by atoms with Crippen LogP contribution in [0.4, 0.5) is 5.69 Å². The Morgan fingerprint density at radius 1 is 1.04 bits per heavy atom. The van der Waals surface area contributed by atoms with E-state index in [0.717, 1.165) is 22.0 Å². The molecule has 0 unspecified atom stereocenters. The first-order chi connectivity index (χ1) is 11.9. The minimum Gasteiger partial charge on any atom is -0.321 e. The number of fused-ring (bicyclic) bond motifs is 1. The number of nitrogens with one attached hydrogen (secondary N) is 1. The average Bonchev–Trinajstić information content (AvgIpc) is 2.60. The van der Waals surface area contributed by atoms with Crippen LogP contribution in [0.2, 0.25) is 0 Å². The van der Waals surface area contributed by atoms with E-state index in [1.54, 1.807) is 24.5 Å². The molecular formula is C22H20N2O. The third-order valence-electron chi connectivity index (χ3n) is 3.66. The van der Waals surface area contributed by atoms with E-state index in [0.29, 0.717) is 5.56 Å². The van der Waals surface area contributed by atoms with Gasteiger partial charge in [-0.15, -0.1) is 0 Å². The summed E-state index contributed by atoms with van der Waals surface area (Å²) in [5, 5.41) is 4.94. The topological polar surface area (TPSA) is 42.0 Å². The average molecular weight is 328 g/mol. The summed E-state index contributed by atoms with van der Waals surface area (Å²) in [6.07, 6.45) is 3.51. The molecule has 0 aliphatic carbocycles. The van der Waals surface area contributed by atoms with Crippen LogP contribution >= 0.6 is 0 Å². The molecule has 3 rings (SSSR count). The van der Waals surface area contributed by atoms with Gasteiger partial charge in [-0.1, -0.05) is 24.0 Å². The van der Waals surface area contributed by atoms with E-state index in [-0.39, 0.29) is 11.3 Å². The third kappa shape index (κ3) is 4.24. The maximum absolute atomic E-state index is 12.5. The van der Waals surface area contributed by atoms with Crippen LogP contribution in [-0.2, 0) is 0 Å². The molecular weight excluding hydrogens is 308 g/mol. The summed E-state index contributed by atoms with van der Waals surface area (Å²) in [5.41, 5.74) is 2.25. The molecule has 0 aliphatic rings. The van der Waals surface area contributed by atoms with E-state index in [1.807, 2.05) is 36.4 Å². The van der Waals surface area contributed by atoms with Crippen LogP contribution < -0.4 is 5.32 Å². The van der Waals surface area contributed by atoms with Gasteiger partial charge in [0.2, 0.25) is 0 Å². The zero-order valence-corrected chi connectivity index (χ0v) is 14.6. The predicted molar refractivity (Wildman–Crippen MR) is 102 cm³/mol. The fraction of sp³-hybridized carbons (Fsp3) is 0.182. The number of hydrogen-bond donors (Lipinski definition) is 1. The molecule has 0 saturated carbocycles. The highest BCUT2D eigenvalue weighted by atomic mass is 16.1. The Bertz CT molecular complexity index is 965. The lowest BCUT2D eigenvalue weighted by molar-refractivity contribution is 0.102. The van der Waals surface area contributed by atoms with E-state index < -0.39 is 0 Å². The van der Waals surface area contributed by atoms with Crippen molar-refractivity contribution in [1.82, 2.24) is 4.98 Å². The molecule has 124 valence electrons. The van der Waals surface area contributed by atoms with Gasteiger partial charge in [0, 0.05) is 45.4 Å². The number of amides is 1. The van der Waals surface area contributed by atoms with Crippen molar-refractivity contribution in [3.63, 3.8) is 0 Å². The molecule has 3 heteroatoms. The normalized spacial score (nSPS) is 10.8. The first kappa shape index (κ1) is 16.7. The number of rotatable bonds is 2. The van der Waals surface area contributed by atoms with Crippen LogP contribution in [0.15, 0.2) is 60.9 Å². The van der Waals surface area contributed by atoms with Crippen LogP contribution in [0.5, 0.6) is 0 Å². The van der Waals surface area contributed by atoms with Gasteiger partial charge >= 0.3 is 0 Å². The Morgan fingerprint density at radius 2 is 1.80 bits per heavy atom. The first-order valence-corrected chi connectivity index (χ1v) is 8.20. The summed E-state index contributed by atoms with van der Waals surface area (Å²) >= 11 is 0. The van der Waals surface area contributed by atoms with Crippen LogP contribution in [0.1, 0.15) is 36.7 Å². The van der Waals surface area contributed by atoms with Crippen molar-refractivity contribution < 1.29 is 4.79 Å². The number of carbonyl (C=O) groups is 1. The zero-order valence-electron chi connectivity index (χ0n) is 14.6. The second kappa shape index (κ2) is 6.78. The Morgan fingerprint density at radius 3 is 2.52 bits per heavy atom. The fourth-order valence-corrected chi connectivity index (χ4v) is 2.39. The Labute approximate surface area is 148 Å². The molecule has 0 spiro atoms. The molecule has 0 fully saturated rings. The minimum absolute atomic E-state index is 0.0424. The largest absolute Gasteiger partial charge is 0.321 e. The van der Waals surface area contributed by atoms with E-state index >= 15 is 0 Å². The Hall–Kier alpha value is -3.12. The zero-order chi connectivity index (χ0) is 17.9. The molecule has 0 bridgehead atoms. The van der Waals surface area contributed by atoms with Gasteiger partial charge in [-0.3, -0.25) is 9.78 Å². The van der Waals surface area contributed by atoms with Crippen LogP contribution in [-0.4, -0.2) is 10.9 Å². The standard InChI is InChI=1S/C22H20N2O/c1-22(2,3)13-11-16-7-9-17(10-8-16)21(25)24-20-6-4-5-18-15-23-14-12-19(18)20/h4-10,12,14-15H,1-3H3,(H,24,25). The lowest BCUT2D eigenvalue weighted by Crippen LogP contribution is -2.12. The Kier molecular flexibility index (Phi) is 4.54. The second-order valence-corrected chi connectivity index (χ2v) is 6.93. The van der Waals surface area contributed by atoms with Gasteiger partial charge in [-0.2, -0.15) is 0 Å². The smallest absolute Gasteiger partial charge is 0.255 e. The molecule has 3 nitrogen and oxygen atoms in total. The number of nitrogens with zero attached hydrogens (tertiary/aromatic N) is 1. The third-order valence-corrected chi connectivity index (χ3v) is 3.66. The maximum Gasteiger partial charge on any atom is 0.255 e. The van der Waals surface area contributed by atoms with Gasteiger partial charge in [0.25, 0.3) is 5.91 Å². The molecule has 1 N–H and O–H groups in total. The molecule has 1 aromatic heterocycles. The summed E-state index contributed by atoms with van der Waals surface area (Å²) < 4.78 is 0. The van der Waals surface area contributed by atoms with E-state index in [4.69, 9.17) is 0 Å².